The van der Waals surface area contributed by atoms with Crippen molar-refractivity contribution < 1.29 is 4.42 Å². The third-order valence-corrected chi connectivity index (χ3v) is 3.43. The summed E-state index contributed by atoms with van der Waals surface area (Å²) in [5.41, 5.74) is 3.66. The third-order valence-electron chi connectivity index (χ3n) is 3.20. The third kappa shape index (κ3) is 2.46. The van der Waals surface area contributed by atoms with E-state index in [0.717, 1.165) is 23.2 Å². The molecule has 2 rings (SSSR count). The number of halogens is 1. The molecule has 1 aromatic carbocycles. The van der Waals surface area contributed by atoms with Crippen LogP contribution in [0.3, 0.4) is 0 Å². The number of furan rings is 1. The van der Waals surface area contributed by atoms with Gasteiger partial charge in [0.2, 0.25) is 0 Å². The maximum atomic E-state index is 5.95. The van der Waals surface area contributed by atoms with E-state index in [0.29, 0.717) is 10.9 Å². The van der Waals surface area contributed by atoms with E-state index in [1.807, 2.05) is 24.3 Å². The number of hydrogen-bond donors (Lipinski definition) is 2. The van der Waals surface area contributed by atoms with Gasteiger partial charge in [0, 0.05) is 10.4 Å². The molecule has 1 heterocycles. The number of hydrazine groups is 1. The van der Waals surface area contributed by atoms with Gasteiger partial charge in [-0.2, -0.15) is 0 Å². The summed E-state index contributed by atoms with van der Waals surface area (Å²) < 4.78 is 5.80. The molecule has 17 heavy (non-hydrogen) atoms. The van der Waals surface area contributed by atoms with Gasteiger partial charge in [-0.05, 0) is 30.2 Å². The van der Waals surface area contributed by atoms with Gasteiger partial charge in [-0.15, -0.1) is 0 Å². The molecule has 92 valence electrons. The number of hydrogen-bond acceptors (Lipinski definition) is 3. The summed E-state index contributed by atoms with van der Waals surface area (Å²) in [5, 5.41) is 1.72. The summed E-state index contributed by atoms with van der Waals surface area (Å²) in [7, 11) is 0. The van der Waals surface area contributed by atoms with Crippen LogP contribution in [0, 0.1) is 5.92 Å². The van der Waals surface area contributed by atoms with Gasteiger partial charge < -0.3 is 4.42 Å². The second-order valence-electron chi connectivity index (χ2n) is 4.36. The lowest BCUT2D eigenvalue weighted by atomic mass is 9.97. The summed E-state index contributed by atoms with van der Waals surface area (Å²) in [6.45, 7) is 4.28. The van der Waals surface area contributed by atoms with Crippen molar-refractivity contribution in [2.45, 2.75) is 26.3 Å². The first-order valence-corrected chi connectivity index (χ1v) is 6.18. The molecule has 3 N–H and O–H groups in total. The molecular weight excluding hydrogens is 236 g/mol. The molecule has 0 radical (unpaired) electrons. The van der Waals surface area contributed by atoms with Crippen molar-refractivity contribution in [1.82, 2.24) is 5.43 Å². The fourth-order valence-corrected chi connectivity index (χ4v) is 2.13. The van der Waals surface area contributed by atoms with Crippen molar-refractivity contribution in [2.75, 3.05) is 0 Å². The van der Waals surface area contributed by atoms with Crippen LogP contribution in [0.15, 0.2) is 28.7 Å². The lowest BCUT2D eigenvalue weighted by molar-refractivity contribution is 0.330. The largest absolute Gasteiger partial charge is 0.459 e. The van der Waals surface area contributed by atoms with Crippen molar-refractivity contribution in [2.24, 2.45) is 11.8 Å². The van der Waals surface area contributed by atoms with E-state index in [2.05, 4.69) is 19.3 Å². The molecule has 0 aliphatic carbocycles. The lowest BCUT2D eigenvalue weighted by Crippen LogP contribution is -2.32. The van der Waals surface area contributed by atoms with E-state index in [1.165, 1.54) is 0 Å². The fraction of sp³-hybridized carbons (Fsp3) is 0.385. The molecule has 2 unspecified atom stereocenters. The minimum atomic E-state index is 0.0335. The quantitative estimate of drug-likeness (QED) is 0.645. The molecular formula is C13H17ClN2O. The van der Waals surface area contributed by atoms with Gasteiger partial charge in [0.1, 0.15) is 11.3 Å². The van der Waals surface area contributed by atoms with Gasteiger partial charge in [-0.25, -0.2) is 5.43 Å². The van der Waals surface area contributed by atoms with Crippen LogP contribution in [0.4, 0.5) is 0 Å². The number of nitrogens with two attached hydrogens (primary N) is 1. The van der Waals surface area contributed by atoms with Crippen LogP contribution in [0.1, 0.15) is 32.1 Å². The molecule has 0 aliphatic rings. The molecule has 2 aromatic rings. The molecule has 0 bridgehead atoms. The Hall–Kier alpha value is -1.03. The summed E-state index contributed by atoms with van der Waals surface area (Å²) >= 11 is 5.95. The van der Waals surface area contributed by atoms with Crippen molar-refractivity contribution in [1.29, 1.82) is 0 Å². The van der Waals surface area contributed by atoms with Gasteiger partial charge in [0.15, 0.2) is 0 Å². The molecule has 2 atom stereocenters. The predicted octanol–water partition coefficient (Wildman–Crippen LogP) is 3.64. The number of nitrogens with one attached hydrogen (secondary N) is 1. The van der Waals surface area contributed by atoms with Crippen LogP contribution in [0.2, 0.25) is 5.02 Å². The van der Waals surface area contributed by atoms with Crippen LogP contribution < -0.4 is 11.3 Å². The molecule has 0 spiro atoms. The molecule has 1 aromatic heterocycles. The van der Waals surface area contributed by atoms with E-state index in [1.54, 1.807) is 0 Å². The Balaban J connectivity index is 2.41. The first-order chi connectivity index (χ1) is 8.15. The summed E-state index contributed by atoms with van der Waals surface area (Å²) in [6.07, 6.45) is 1.03. The Morgan fingerprint density at radius 3 is 2.82 bits per heavy atom. The predicted molar refractivity (Wildman–Crippen MR) is 70.7 cm³/mol. The smallest absolute Gasteiger partial charge is 0.134 e. The van der Waals surface area contributed by atoms with E-state index >= 15 is 0 Å². The fourth-order valence-electron chi connectivity index (χ4n) is 1.95. The van der Waals surface area contributed by atoms with Crippen LogP contribution >= 0.6 is 11.6 Å². The maximum absolute atomic E-state index is 5.95. The van der Waals surface area contributed by atoms with Crippen molar-refractivity contribution in [3.8, 4) is 0 Å². The van der Waals surface area contributed by atoms with E-state index in [9.17, 15) is 0 Å². The molecule has 4 heteroatoms. The Bertz CT molecular complexity index is 509. The molecule has 0 saturated carbocycles. The average Bonchev–Trinajstić information content (AvgIpc) is 2.72. The Morgan fingerprint density at radius 1 is 1.41 bits per heavy atom. The molecule has 0 fully saturated rings. The summed E-state index contributed by atoms with van der Waals surface area (Å²) in [4.78, 5) is 0. The Labute approximate surface area is 106 Å². The first-order valence-electron chi connectivity index (χ1n) is 5.80. The SMILES string of the molecule is CCC(C)C(NN)c1cc2cc(Cl)ccc2o1. The zero-order chi connectivity index (χ0) is 12.4. The van der Waals surface area contributed by atoms with Crippen LogP contribution in [0.25, 0.3) is 11.0 Å². The van der Waals surface area contributed by atoms with E-state index < -0.39 is 0 Å². The van der Waals surface area contributed by atoms with Crippen LogP contribution in [-0.4, -0.2) is 0 Å². The average molecular weight is 253 g/mol. The van der Waals surface area contributed by atoms with Crippen molar-refractivity contribution in [3.63, 3.8) is 0 Å². The minimum Gasteiger partial charge on any atom is -0.459 e. The van der Waals surface area contributed by atoms with E-state index in [-0.39, 0.29) is 6.04 Å². The summed E-state index contributed by atoms with van der Waals surface area (Å²) in [6, 6.07) is 7.63. The van der Waals surface area contributed by atoms with Gasteiger partial charge in [0.05, 0.1) is 6.04 Å². The zero-order valence-corrected chi connectivity index (χ0v) is 10.8. The molecule has 0 aliphatic heterocycles. The van der Waals surface area contributed by atoms with Gasteiger partial charge in [-0.3, -0.25) is 5.84 Å². The highest BCUT2D eigenvalue weighted by atomic mass is 35.5. The number of benzene rings is 1. The second kappa shape index (κ2) is 5.08. The monoisotopic (exact) mass is 252 g/mol. The lowest BCUT2D eigenvalue weighted by Gasteiger charge is -2.19. The molecule has 0 saturated heterocycles. The topological polar surface area (TPSA) is 51.2 Å². The van der Waals surface area contributed by atoms with Gasteiger partial charge in [0.25, 0.3) is 0 Å². The highest BCUT2D eigenvalue weighted by Gasteiger charge is 2.20. The van der Waals surface area contributed by atoms with Gasteiger partial charge in [-0.1, -0.05) is 31.9 Å². The standard InChI is InChI=1S/C13H17ClN2O/c1-3-8(2)13(16-15)12-7-9-6-10(14)4-5-11(9)17-12/h4-8,13,16H,3,15H2,1-2H3. The normalized spacial score (nSPS) is 15.1. The Morgan fingerprint density at radius 2 is 2.18 bits per heavy atom. The highest BCUT2D eigenvalue weighted by molar-refractivity contribution is 6.31. The van der Waals surface area contributed by atoms with E-state index in [4.69, 9.17) is 21.9 Å². The van der Waals surface area contributed by atoms with Crippen LogP contribution in [0.5, 0.6) is 0 Å². The zero-order valence-electron chi connectivity index (χ0n) is 10.0. The second-order valence-corrected chi connectivity index (χ2v) is 4.80. The maximum Gasteiger partial charge on any atom is 0.134 e. The summed E-state index contributed by atoms with van der Waals surface area (Å²) in [5.74, 6) is 6.87. The number of fused-ring (bicyclic) bond motifs is 1. The highest BCUT2D eigenvalue weighted by Crippen LogP contribution is 2.30. The molecule has 0 amide bonds. The molecule has 3 nitrogen and oxygen atoms in total. The number of rotatable bonds is 4. The Kier molecular flexibility index (Phi) is 3.72. The first kappa shape index (κ1) is 12.4. The minimum absolute atomic E-state index is 0.0335. The van der Waals surface area contributed by atoms with Gasteiger partial charge >= 0.3 is 0 Å². The van der Waals surface area contributed by atoms with Crippen LogP contribution in [-0.2, 0) is 0 Å². The van der Waals surface area contributed by atoms with Crippen molar-refractivity contribution in [3.05, 3.63) is 35.0 Å². The van der Waals surface area contributed by atoms with Crippen molar-refractivity contribution >= 4 is 22.6 Å².